The summed E-state index contributed by atoms with van der Waals surface area (Å²) < 4.78 is 1.82. The molecule has 1 saturated heterocycles. The summed E-state index contributed by atoms with van der Waals surface area (Å²) in [5.41, 5.74) is 1.22. The number of para-hydroxylation sites is 1. The number of thioether (sulfide) groups is 2. The molecular formula is C20H20N4O3S2. The van der Waals surface area contributed by atoms with Crippen molar-refractivity contribution >= 4 is 46.2 Å². The molecule has 9 heteroatoms. The molecule has 3 aromatic rings. The van der Waals surface area contributed by atoms with Gasteiger partial charge in [0.25, 0.3) is 11.1 Å². The van der Waals surface area contributed by atoms with Gasteiger partial charge in [-0.1, -0.05) is 18.2 Å². The molecule has 0 unspecified atom stereocenters. The highest BCUT2D eigenvalue weighted by Gasteiger charge is 2.33. The van der Waals surface area contributed by atoms with E-state index >= 15 is 0 Å². The molecule has 3 N–H and O–H groups in total. The van der Waals surface area contributed by atoms with Crippen molar-refractivity contribution in [2.45, 2.75) is 24.1 Å². The first-order valence-corrected chi connectivity index (χ1v) is 11.8. The zero-order valence-electron chi connectivity index (χ0n) is 15.6. The number of rotatable bonds is 2. The van der Waals surface area contributed by atoms with Crippen molar-refractivity contribution in [1.82, 2.24) is 14.8 Å². The molecule has 7 nitrogen and oxygen atoms in total. The molecule has 2 aromatic heterocycles. The summed E-state index contributed by atoms with van der Waals surface area (Å²) in [7, 11) is 0. The zero-order valence-corrected chi connectivity index (χ0v) is 17.2. The van der Waals surface area contributed by atoms with Crippen LogP contribution in [-0.4, -0.2) is 37.9 Å². The minimum Gasteiger partial charge on any atom is -0.322 e. The van der Waals surface area contributed by atoms with Crippen LogP contribution >= 0.6 is 23.5 Å². The van der Waals surface area contributed by atoms with Crippen LogP contribution in [-0.2, 0) is 4.79 Å². The number of fused-ring (bicyclic) bond motifs is 2. The Kier molecular flexibility index (Phi) is 4.79. The van der Waals surface area contributed by atoms with E-state index in [1.54, 1.807) is 0 Å². The van der Waals surface area contributed by atoms with E-state index in [9.17, 15) is 14.4 Å². The molecular weight excluding hydrogens is 408 g/mol. The van der Waals surface area contributed by atoms with Gasteiger partial charge in [-0.2, -0.15) is 11.8 Å². The second kappa shape index (κ2) is 7.46. The van der Waals surface area contributed by atoms with Crippen molar-refractivity contribution in [1.29, 1.82) is 0 Å². The van der Waals surface area contributed by atoms with Gasteiger partial charge in [0.05, 0.1) is 22.6 Å². The Hall–Kier alpha value is -2.39. The lowest BCUT2D eigenvalue weighted by Gasteiger charge is -2.24. The lowest BCUT2D eigenvalue weighted by Crippen LogP contribution is -2.22. The molecule has 1 amide bonds. The smallest absolute Gasteiger partial charge is 0.270 e. The molecule has 2 aliphatic heterocycles. The molecule has 1 fully saturated rings. The van der Waals surface area contributed by atoms with E-state index < -0.39 is 5.25 Å². The summed E-state index contributed by atoms with van der Waals surface area (Å²) in [6.45, 7) is 0. The molecule has 0 spiro atoms. The molecule has 0 aliphatic carbocycles. The first-order chi connectivity index (χ1) is 14.1. The van der Waals surface area contributed by atoms with Gasteiger partial charge in [0.2, 0.25) is 5.91 Å². The number of pyridine rings is 1. The molecule has 0 radical (unpaired) electrons. The number of nitrogens with zero attached hydrogens (tertiary/aromatic N) is 1. The predicted molar refractivity (Wildman–Crippen MR) is 118 cm³/mol. The third-order valence-electron chi connectivity index (χ3n) is 5.48. The molecule has 150 valence electrons. The van der Waals surface area contributed by atoms with Gasteiger partial charge in [0.15, 0.2) is 0 Å². The minimum absolute atomic E-state index is 0.145. The average molecular weight is 429 g/mol. The van der Waals surface area contributed by atoms with Crippen molar-refractivity contribution in [3.05, 3.63) is 62.2 Å². The summed E-state index contributed by atoms with van der Waals surface area (Å²) in [5, 5.41) is 6.24. The van der Waals surface area contributed by atoms with Gasteiger partial charge in [-0.05, 0) is 41.9 Å². The maximum Gasteiger partial charge on any atom is 0.270 e. The average Bonchev–Trinajstić information content (AvgIpc) is 2.94. The maximum atomic E-state index is 13.0. The van der Waals surface area contributed by atoms with Gasteiger partial charge in [-0.3, -0.25) is 24.2 Å². The van der Waals surface area contributed by atoms with Crippen LogP contribution in [0.4, 0.5) is 5.82 Å². The number of hydrogen-bond acceptors (Lipinski definition) is 5. The van der Waals surface area contributed by atoms with E-state index in [0.29, 0.717) is 16.9 Å². The van der Waals surface area contributed by atoms with Gasteiger partial charge in [-0.15, -0.1) is 11.8 Å². The highest BCUT2D eigenvalue weighted by Crippen LogP contribution is 2.40. The summed E-state index contributed by atoms with van der Waals surface area (Å²) >= 11 is 3.22. The number of hydrogen-bond donors (Lipinski definition) is 3. The van der Waals surface area contributed by atoms with Gasteiger partial charge in [0.1, 0.15) is 5.82 Å². The van der Waals surface area contributed by atoms with E-state index in [4.69, 9.17) is 0 Å². The minimum atomic E-state index is -0.514. The van der Waals surface area contributed by atoms with E-state index in [2.05, 4.69) is 15.4 Å². The fourth-order valence-corrected chi connectivity index (χ4v) is 6.28. The van der Waals surface area contributed by atoms with Crippen molar-refractivity contribution in [2.24, 2.45) is 0 Å². The van der Waals surface area contributed by atoms with Crippen LogP contribution in [0.2, 0.25) is 0 Å². The van der Waals surface area contributed by atoms with Crippen molar-refractivity contribution in [2.75, 3.05) is 22.6 Å². The van der Waals surface area contributed by atoms with Crippen LogP contribution in [0.1, 0.15) is 35.3 Å². The Morgan fingerprint density at radius 3 is 2.66 bits per heavy atom. The van der Waals surface area contributed by atoms with E-state index in [1.165, 1.54) is 11.8 Å². The quantitative estimate of drug-likeness (QED) is 0.583. The van der Waals surface area contributed by atoms with E-state index in [1.807, 2.05) is 46.8 Å². The van der Waals surface area contributed by atoms with Gasteiger partial charge in [0, 0.05) is 11.1 Å². The molecule has 0 saturated carbocycles. The molecule has 29 heavy (non-hydrogen) atoms. The number of H-pyrrole nitrogens is 2. The van der Waals surface area contributed by atoms with Gasteiger partial charge in [-0.25, -0.2) is 0 Å². The molecule has 1 atom stereocenters. The number of carbonyl (C=O) groups is 1. The third-order valence-corrected chi connectivity index (χ3v) is 7.78. The maximum absolute atomic E-state index is 13.0. The molecule has 5 rings (SSSR count). The Morgan fingerprint density at radius 1 is 1.03 bits per heavy atom. The summed E-state index contributed by atoms with van der Waals surface area (Å²) in [4.78, 5) is 41.2. The third kappa shape index (κ3) is 3.32. The van der Waals surface area contributed by atoms with Crippen LogP contribution < -0.4 is 16.4 Å². The monoisotopic (exact) mass is 428 g/mol. The zero-order chi connectivity index (χ0) is 20.0. The number of carbonyl (C=O) groups excluding carboxylic acids is 1. The Labute approximate surface area is 174 Å². The first-order valence-electron chi connectivity index (χ1n) is 9.57. The van der Waals surface area contributed by atoms with E-state index in [0.717, 1.165) is 35.3 Å². The molecule has 4 heterocycles. The number of aromatic nitrogens is 3. The van der Waals surface area contributed by atoms with Crippen LogP contribution in [0.5, 0.6) is 0 Å². The topological polar surface area (TPSA) is 99.8 Å². The predicted octanol–water partition coefficient (Wildman–Crippen LogP) is 2.86. The number of benzene rings is 1. The Bertz CT molecular complexity index is 1210. The highest BCUT2D eigenvalue weighted by molar-refractivity contribution is 8.00. The summed E-state index contributed by atoms with van der Waals surface area (Å²) in [6, 6.07) is 9.53. The van der Waals surface area contributed by atoms with Crippen molar-refractivity contribution in [3.8, 4) is 0 Å². The Balaban J connectivity index is 1.68. The second-order valence-electron chi connectivity index (χ2n) is 7.30. The largest absolute Gasteiger partial charge is 0.322 e. The van der Waals surface area contributed by atoms with E-state index in [-0.39, 0.29) is 28.8 Å². The first kappa shape index (κ1) is 18.6. The Morgan fingerprint density at radius 2 is 1.83 bits per heavy atom. The summed E-state index contributed by atoms with van der Waals surface area (Å²) in [6.07, 6.45) is 1.87. The van der Waals surface area contributed by atoms with Crippen LogP contribution in [0.15, 0.2) is 39.9 Å². The standard InChI is InChI=1S/C20H20N4O3S2/c25-15-10-29-17(13-9-11-3-1-2-4-14(11)21-19(13)26)16-18(22-15)24(23-20(16)27)12-5-7-28-8-6-12/h1-4,9,12,17H,5-8,10H2,(H,21,26)(H,22,25)(H,23,27)/t17-/m0/s1. The highest BCUT2D eigenvalue weighted by atomic mass is 32.2. The fraction of sp³-hybridized carbons (Fsp3) is 0.350. The van der Waals surface area contributed by atoms with Crippen LogP contribution in [0, 0.1) is 0 Å². The van der Waals surface area contributed by atoms with Crippen molar-refractivity contribution < 1.29 is 4.79 Å². The fourth-order valence-electron chi connectivity index (χ4n) is 4.07. The number of aromatic amines is 2. The second-order valence-corrected chi connectivity index (χ2v) is 9.62. The van der Waals surface area contributed by atoms with Crippen LogP contribution in [0.25, 0.3) is 10.9 Å². The molecule has 0 bridgehead atoms. The summed E-state index contributed by atoms with van der Waals surface area (Å²) in [5.74, 6) is 2.59. The lowest BCUT2D eigenvalue weighted by atomic mass is 10.0. The van der Waals surface area contributed by atoms with Gasteiger partial charge < -0.3 is 10.3 Å². The SMILES string of the molecule is O=C1CS[C@@H](c2cc3ccccc3[nH]c2=O)c2c(n(C3CCSCC3)[nH]c2=O)N1. The normalized spacial score (nSPS) is 20.3. The van der Waals surface area contributed by atoms with Gasteiger partial charge >= 0.3 is 0 Å². The lowest BCUT2D eigenvalue weighted by molar-refractivity contribution is -0.113. The van der Waals surface area contributed by atoms with Crippen molar-refractivity contribution in [3.63, 3.8) is 0 Å². The number of nitrogens with one attached hydrogen (secondary N) is 3. The molecule has 1 aromatic carbocycles. The van der Waals surface area contributed by atoms with Crippen LogP contribution in [0.3, 0.4) is 0 Å². The number of amides is 1. The number of anilines is 1. The molecule has 2 aliphatic rings.